The van der Waals surface area contributed by atoms with Crippen LogP contribution in [0, 0.1) is 6.92 Å². The second kappa shape index (κ2) is 11.1. The number of ether oxygens (including phenoxy) is 2. The third-order valence-electron chi connectivity index (χ3n) is 5.45. The minimum atomic E-state index is 0.0866. The van der Waals surface area contributed by atoms with E-state index in [1.165, 1.54) is 5.56 Å². The molecule has 0 bridgehead atoms. The number of hydrogen-bond acceptors (Lipinski definition) is 7. The van der Waals surface area contributed by atoms with E-state index in [2.05, 4.69) is 24.0 Å². The van der Waals surface area contributed by atoms with Gasteiger partial charge in [0.05, 0.1) is 36.3 Å². The highest BCUT2D eigenvalue weighted by molar-refractivity contribution is 8.00. The average Bonchev–Trinajstić information content (AvgIpc) is 3.24. The molecule has 0 unspecified atom stereocenters. The summed E-state index contributed by atoms with van der Waals surface area (Å²) in [5.41, 5.74) is 2.15. The van der Waals surface area contributed by atoms with Crippen LogP contribution in [0.1, 0.15) is 12.0 Å². The lowest BCUT2D eigenvalue weighted by atomic mass is 10.2. The Labute approximate surface area is 197 Å². The fourth-order valence-corrected chi connectivity index (χ4v) is 5.52. The second-order valence-corrected chi connectivity index (χ2v) is 9.84. The first-order chi connectivity index (χ1) is 15.6. The van der Waals surface area contributed by atoms with Crippen LogP contribution >= 0.6 is 23.1 Å². The van der Waals surface area contributed by atoms with Crippen LogP contribution < -0.4 is 9.64 Å². The van der Waals surface area contributed by atoms with Crippen LogP contribution in [0.4, 0.5) is 5.13 Å². The van der Waals surface area contributed by atoms with Crippen LogP contribution in [0.3, 0.4) is 0 Å². The van der Waals surface area contributed by atoms with Gasteiger partial charge in [-0.3, -0.25) is 14.6 Å². The predicted octanol–water partition coefficient (Wildman–Crippen LogP) is 4.46. The summed E-state index contributed by atoms with van der Waals surface area (Å²) in [5, 5.41) is 0.785. The second-order valence-electron chi connectivity index (χ2n) is 7.78. The molecule has 0 saturated carbocycles. The number of thioether (sulfide) groups is 1. The quantitative estimate of drug-likeness (QED) is 0.430. The van der Waals surface area contributed by atoms with Crippen molar-refractivity contribution in [1.29, 1.82) is 0 Å². The van der Waals surface area contributed by atoms with E-state index in [-0.39, 0.29) is 5.91 Å². The molecule has 0 aliphatic carbocycles. The van der Waals surface area contributed by atoms with Crippen molar-refractivity contribution in [3.05, 3.63) is 48.0 Å². The number of carbonyl (C=O) groups excluding carboxylic acids is 1. The summed E-state index contributed by atoms with van der Waals surface area (Å²) in [5.74, 6) is 1.28. The Balaban J connectivity index is 1.45. The number of benzene rings is 2. The monoisotopic (exact) mass is 471 g/mol. The van der Waals surface area contributed by atoms with Crippen LogP contribution in [-0.4, -0.2) is 68.0 Å². The topological polar surface area (TPSA) is 54.9 Å². The first-order valence-electron chi connectivity index (χ1n) is 10.9. The third kappa shape index (κ3) is 6.01. The molecule has 4 rings (SSSR count). The number of thiazole rings is 1. The number of morpholine rings is 1. The van der Waals surface area contributed by atoms with Crippen LogP contribution in [0.5, 0.6) is 5.75 Å². The Kier molecular flexibility index (Phi) is 8.02. The highest BCUT2D eigenvalue weighted by Crippen LogP contribution is 2.31. The number of anilines is 1. The molecule has 8 heteroatoms. The lowest BCUT2D eigenvalue weighted by Crippen LogP contribution is -2.39. The van der Waals surface area contributed by atoms with Crippen molar-refractivity contribution in [3.63, 3.8) is 0 Å². The Morgan fingerprint density at radius 3 is 2.75 bits per heavy atom. The zero-order valence-electron chi connectivity index (χ0n) is 18.6. The maximum atomic E-state index is 13.3. The van der Waals surface area contributed by atoms with Gasteiger partial charge in [-0.15, -0.1) is 11.8 Å². The van der Waals surface area contributed by atoms with Crippen molar-refractivity contribution < 1.29 is 14.3 Å². The van der Waals surface area contributed by atoms with E-state index >= 15 is 0 Å². The summed E-state index contributed by atoms with van der Waals surface area (Å²) >= 11 is 3.14. The van der Waals surface area contributed by atoms with E-state index in [1.807, 2.05) is 35.2 Å². The van der Waals surface area contributed by atoms with Gasteiger partial charge in [-0.05, 0) is 55.3 Å². The van der Waals surface area contributed by atoms with E-state index in [9.17, 15) is 4.79 Å². The number of fused-ring (bicyclic) bond motifs is 1. The van der Waals surface area contributed by atoms with Crippen molar-refractivity contribution in [1.82, 2.24) is 9.88 Å². The molecule has 2 heterocycles. The zero-order chi connectivity index (χ0) is 22.3. The molecule has 1 fully saturated rings. The standard InChI is InChI=1S/C24H29N3O3S2/c1-18-4-9-21-22(16-18)32-24(25-21)27(11-3-10-26-12-14-30-15-13-26)23(28)17-31-20-7-5-19(29-2)6-8-20/h4-9,16H,3,10-15,17H2,1-2H3. The number of carbonyl (C=O) groups is 1. The van der Waals surface area contributed by atoms with Gasteiger partial charge in [0, 0.05) is 31.1 Å². The van der Waals surface area contributed by atoms with Gasteiger partial charge in [-0.25, -0.2) is 4.98 Å². The smallest absolute Gasteiger partial charge is 0.239 e. The number of aromatic nitrogens is 1. The molecule has 2 aromatic carbocycles. The molecule has 1 aliphatic rings. The van der Waals surface area contributed by atoms with Gasteiger partial charge in [0.25, 0.3) is 0 Å². The van der Waals surface area contributed by atoms with Gasteiger partial charge in [-0.2, -0.15) is 0 Å². The predicted molar refractivity (Wildman–Crippen MR) is 132 cm³/mol. The lowest BCUT2D eigenvalue weighted by Gasteiger charge is -2.27. The number of nitrogens with zero attached hydrogens (tertiary/aromatic N) is 3. The molecular formula is C24H29N3O3S2. The normalized spacial score (nSPS) is 14.6. The Morgan fingerprint density at radius 2 is 2.00 bits per heavy atom. The fourth-order valence-electron chi connectivity index (χ4n) is 3.63. The molecule has 1 amide bonds. The SMILES string of the molecule is COc1ccc(SCC(=O)N(CCCN2CCOCC2)c2nc3ccc(C)cc3s2)cc1. The maximum Gasteiger partial charge on any atom is 0.239 e. The Hall–Kier alpha value is -2.13. The third-order valence-corrected chi connectivity index (χ3v) is 7.48. The van der Waals surface area contributed by atoms with Crippen molar-refractivity contribution >= 4 is 44.4 Å². The van der Waals surface area contributed by atoms with Crippen LogP contribution in [-0.2, 0) is 9.53 Å². The molecule has 32 heavy (non-hydrogen) atoms. The summed E-state index contributed by atoms with van der Waals surface area (Å²) in [6.07, 6.45) is 0.911. The van der Waals surface area contributed by atoms with E-state index in [0.29, 0.717) is 12.3 Å². The molecule has 0 radical (unpaired) electrons. The highest BCUT2D eigenvalue weighted by atomic mass is 32.2. The van der Waals surface area contributed by atoms with Crippen molar-refractivity contribution in [2.24, 2.45) is 0 Å². The Morgan fingerprint density at radius 1 is 1.22 bits per heavy atom. The van der Waals surface area contributed by atoms with Crippen molar-refractivity contribution in [3.8, 4) is 5.75 Å². The summed E-state index contributed by atoms with van der Waals surface area (Å²) in [4.78, 5) is 23.4. The highest BCUT2D eigenvalue weighted by Gasteiger charge is 2.21. The van der Waals surface area contributed by atoms with Crippen LogP contribution in [0.2, 0.25) is 0 Å². The average molecular weight is 472 g/mol. The molecule has 0 N–H and O–H groups in total. The van der Waals surface area contributed by atoms with E-state index < -0.39 is 0 Å². The number of aryl methyl sites for hydroxylation is 1. The molecule has 0 spiro atoms. The number of amides is 1. The van der Waals surface area contributed by atoms with Crippen LogP contribution in [0.15, 0.2) is 47.4 Å². The van der Waals surface area contributed by atoms with Gasteiger partial charge in [0.2, 0.25) is 5.91 Å². The van der Waals surface area contributed by atoms with Crippen LogP contribution in [0.25, 0.3) is 10.2 Å². The molecule has 1 aliphatic heterocycles. The summed E-state index contributed by atoms with van der Waals surface area (Å²) in [6.45, 7) is 7.20. The largest absolute Gasteiger partial charge is 0.497 e. The molecule has 3 aromatic rings. The Bertz CT molecular complexity index is 1030. The van der Waals surface area contributed by atoms with Gasteiger partial charge in [-0.1, -0.05) is 17.4 Å². The summed E-state index contributed by atoms with van der Waals surface area (Å²) in [7, 11) is 1.65. The maximum absolute atomic E-state index is 13.3. The molecule has 1 aromatic heterocycles. The van der Waals surface area contributed by atoms with Crippen molar-refractivity contribution in [2.75, 3.05) is 57.2 Å². The van der Waals surface area contributed by atoms with Gasteiger partial charge >= 0.3 is 0 Å². The van der Waals surface area contributed by atoms with E-state index in [4.69, 9.17) is 14.5 Å². The number of rotatable bonds is 9. The minimum Gasteiger partial charge on any atom is -0.497 e. The van der Waals surface area contributed by atoms with E-state index in [0.717, 1.165) is 65.3 Å². The molecule has 1 saturated heterocycles. The first-order valence-corrected chi connectivity index (χ1v) is 12.7. The number of methoxy groups -OCH3 is 1. The molecular weight excluding hydrogens is 442 g/mol. The lowest BCUT2D eigenvalue weighted by molar-refractivity contribution is -0.116. The fraction of sp³-hybridized carbons (Fsp3) is 0.417. The minimum absolute atomic E-state index is 0.0866. The summed E-state index contributed by atoms with van der Waals surface area (Å²) < 4.78 is 11.8. The summed E-state index contributed by atoms with van der Waals surface area (Å²) in [6, 6.07) is 14.0. The first kappa shape index (κ1) is 23.0. The molecule has 170 valence electrons. The number of hydrogen-bond donors (Lipinski definition) is 0. The van der Waals surface area contributed by atoms with Gasteiger partial charge < -0.3 is 9.47 Å². The molecule has 0 atom stereocenters. The molecule has 6 nitrogen and oxygen atoms in total. The van der Waals surface area contributed by atoms with E-state index in [1.54, 1.807) is 30.2 Å². The zero-order valence-corrected chi connectivity index (χ0v) is 20.2. The van der Waals surface area contributed by atoms with Gasteiger partial charge in [0.15, 0.2) is 5.13 Å². The van der Waals surface area contributed by atoms with Crippen molar-refractivity contribution in [2.45, 2.75) is 18.2 Å². The van der Waals surface area contributed by atoms with Gasteiger partial charge in [0.1, 0.15) is 5.75 Å².